The highest BCUT2D eigenvalue weighted by molar-refractivity contribution is 5.90. The molecule has 0 spiro atoms. The average Bonchev–Trinajstić information content (AvgIpc) is 2.71. The van der Waals surface area contributed by atoms with E-state index in [0.29, 0.717) is 6.54 Å². The van der Waals surface area contributed by atoms with Crippen molar-refractivity contribution < 1.29 is 4.79 Å². The lowest BCUT2D eigenvalue weighted by atomic mass is 10.3. The summed E-state index contributed by atoms with van der Waals surface area (Å²) >= 11 is 0. The molecule has 0 saturated heterocycles. The molecule has 78 valence electrons. The number of tetrazole rings is 1. The number of hydrogen-bond acceptors (Lipinski definition) is 4. The monoisotopic (exact) mass is 197 g/mol. The first-order chi connectivity index (χ1) is 6.79. The number of H-pyrrole nitrogens is 1. The normalized spacial score (nSPS) is 10.1. The van der Waals surface area contributed by atoms with Crippen LogP contribution in [0.5, 0.6) is 0 Å². The predicted molar refractivity (Wildman–Crippen MR) is 50.7 cm³/mol. The fourth-order valence-electron chi connectivity index (χ4n) is 1.15. The molecule has 1 amide bonds. The van der Waals surface area contributed by atoms with Gasteiger partial charge in [0.25, 0.3) is 11.7 Å². The van der Waals surface area contributed by atoms with Gasteiger partial charge in [-0.25, -0.2) is 0 Å². The summed E-state index contributed by atoms with van der Waals surface area (Å²) in [6.07, 6.45) is 2.06. The molecular weight excluding hydrogens is 182 g/mol. The molecule has 0 aliphatic rings. The zero-order chi connectivity index (χ0) is 10.4. The molecule has 0 unspecified atom stereocenters. The number of nitrogens with one attached hydrogen (secondary N) is 1. The van der Waals surface area contributed by atoms with E-state index in [1.165, 1.54) is 0 Å². The Bertz CT molecular complexity index is 271. The van der Waals surface area contributed by atoms with Crippen molar-refractivity contribution in [3.8, 4) is 0 Å². The van der Waals surface area contributed by atoms with Crippen LogP contribution < -0.4 is 0 Å². The maximum Gasteiger partial charge on any atom is 0.295 e. The van der Waals surface area contributed by atoms with Gasteiger partial charge in [-0.1, -0.05) is 13.3 Å². The summed E-state index contributed by atoms with van der Waals surface area (Å²) < 4.78 is 0. The molecule has 1 rings (SSSR count). The van der Waals surface area contributed by atoms with Gasteiger partial charge in [-0.15, -0.1) is 10.2 Å². The van der Waals surface area contributed by atoms with Gasteiger partial charge in [0, 0.05) is 13.1 Å². The number of unbranched alkanes of at least 4 members (excludes halogenated alkanes) is 1. The summed E-state index contributed by atoms with van der Waals surface area (Å²) in [7, 11) is 0. The number of aromatic amines is 1. The highest BCUT2D eigenvalue weighted by Crippen LogP contribution is 1.99. The largest absolute Gasteiger partial charge is 0.336 e. The second kappa shape index (κ2) is 5.31. The Morgan fingerprint density at radius 2 is 2.29 bits per heavy atom. The van der Waals surface area contributed by atoms with Crippen LogP contribution in [0.3, 0.4) is 0 Å². The zero-order valence-corrected chi connectivity index (χ0v) is 8.53. The Morgan fingerprint density at radius 1 is 1.50 bits per heavy atom. The maximum absolute atomic E-state index is 11.7. The van der Waals surface area contributed by atoms with E-state index in [0.717, 1.165) is 19.4 Å². The first kappa shape index (κ1) is 10.6. The second-order valence-corrected chi connectivity index (χ2v) is 2.97. The van der Waals surface area contributed by atoms with Crippen molar-refractivity contribution in [1.29, 1.82) is 0 Å². The van der Waals surface area contributed by atoms with Crippen LogP contribution in [0.25, 0.3) is 0 Å². The van der Waals surface area contributed by atoms with Crippen molar-refractivity contribution in [3.63, 3.8) is 0 Å². The number of rotatable bonds is 5. The van der Waals surface area contributed by atoms with Crippen molar-refractivity contribution in [3.05, 3.63) is 5.82 Å². The molecular formula is C8H15N5O. The van der Waals surface area contributed by atoms with Crippen LogP contribution in [0.2, 0.25) is 0 Å². The summed E-state index contributed by atoms with van der Waals surface area (Å²) in [5, 5.41) is 12.9. The molecule has 1 aromatic heterocycles. The third kappa shape index (κ3) is 2.51. The molecule has 1 heterocycles. The van der Waals surface area contributed by atoms with Crippen molar-refractivity contribution >= 4 is 5.91 Å². The molecule has 0 radical (unpaired) electrons. The van der Waals surface area contributed by atoms with Crippen LogP contribution in [0.15, 0.2) is 0 Å². The Labute approximate surface area is 82.7 Å². The third-order valence-corrected chi connectivity index (χ3v) is 1.99. The molecule has 1 aromatic rings. The van der Waals surface area contributed by atoms with E-state index in [-0.39, 0.29) is 11.7 Å². The van der Waals surface area contributed by atoms with Crippen LogP contribution in [0.1, 0.15) is 37.3 Å². The molecule has 6 heteroatoms. The van der Waals surface area contributed by atoms with E-state index in [1.807, 2.05) is 6.92 Å². The van der Waals surface area contributed by atoms with E-state index < -0.39 is 0 Å². The van der Waals surface area contributed by atoms with Crippen LogP contribution >= 0.6 is 0 Å². The Hall–Kier alpha value is -1.46. The van der Waals surface area contributed by atoms with Gasteiger partial charge in [0.15, 0.2) is 0 Å². The third-order valence-electron chi connectivity index (χ3n) is 1.99. The summed E-state index contributed by atoms with van der Waals surface area (Å²) in [6, 6.07) is 0. The summed E-state index contributed by atoms with van der Waals surface area (Å²) in [5.41, 5.74) is 0. The highest BCUT2D eigenvalue weighted by atomic mass is 16.2. The number of amides is 1. The van der Waals surface area contributed by atoms with Gasteiger partial charge in [0.05, 0.1) is 0 Å². The highest BCUT2D eigenvalue weighted by Gasteiger charge is 2.17. The van der Waals surface area contributed by atoms with Gasteiger partial charge in [0.2, 0.25) is 0 Å². The summed E-state index contributed by atoms with van der Waals surface area (Å²) in [4.78, 5) is 13.4. The van der Waals surface area contributed by atoms with Gasteiger partial charge in [-0.3, -0.25) is 4.79 Å². The van der Waals surface area contributed by atoms with Crippen molar-refractivity contribution in [2.24, 2.45) is 0 Å². The number of aromatic nitrogens is 4. The molecule has 0 aromatic carbocycles. The minimum atomic E-state index is -0.158. The Kier molecular flexibility index (Phi) is 4.03. The van der Waals surface area contributed by atoms with E-state index in [4.69, 9.17) is 0 Å². The minimum absolute atomic E-state index is 0.142. The van der Waals surface area contributed by atoms with E-state index >= 15 is 0 Å². The van der Waals surface area contributed by atoms with Gasteiger partial charge >= 0.3 is 0 Å². The molecule has 14 heavy (non-hydrogen) atoms. The molecule has 0 atom stereocenters. The van der Waals surface area contributed by atoms with Crippen LogP contribution in [-0.2, 0) is 0 Å². The second-order valence-electron chi connectivity index (χ2n) is 2.97. The van der Waals surface area contributed by atoms with Crippen molar-refractivity contribution in [2.75, 3.05) is 13.1 Å². The van der Waals surface area contributed by atoms with Gasteiger partial charge < -0.3 is 4.90 Å². The molecule has 0 aliphatic carbocycles. The summed E-state index contributed by atoms with van der Waals surface area (Å²) in [5.74, 6) is -0.0161. The number of carbonyl (C=O) groups is 1. The van der Waals surface area contributed by atoms with E-state index in [1.54, 1.807) is 4.90 Å². The summed E-state index contributed by atoms with van der Waals surface area (Å²) in [6.45, 7) is 5.45. The molecule has 0 fully saturated rings. The standard InChI is InChI=1S/C8H15N5O/c1-3-5-6-13(4-2)8(14)7-9-11-12-10-7/h3-6H2,1-2H3,(H,9,10,11,12). The SMILES string of the molecule is CCCCN(CC)C(=O)c1nn[nH]n1. The number of hydrogen-bond donors (Lipinski definition) is 1. The van der Waals surface area contributed by atoms with Gasteiger partial charge in [-0.2, -0.15) is 5.21 Å². The molecule has 0 aliphatic heterocycles. The van der Waals surface area contributed by atoms with Gasteiger partial charge in [-0.05, 0) is 18.6 Å². The number of nitrogens with zero attached hydrogens (tertiary/aromatic N) is 4. The maximum atomic E-state index is 11.7. The number of carbonyl (C=O) groups excluding carboxylic acids is 1. The minimum Gasteiger partial charge on any atom is -0.336 e. The Balaban J connectivity index is 2.56. The average molecular weight is 197 g/mol. The van der Waals surface area contributed by atoms with Crippen LogP contribution in [0, 0.1) is 0 Å². The van der Waals surface area contributed by atoms with Crippen molar-refractivity contribution in [1.82, 2.24) is 25.5 Å². The van der Waals surface area contributed by atoms with Gasteiger partial charge in [0.1, 0.15) is 0 Å². The quantitative estimate of drug-likeness (QED) is 0.744. The van der Waals surface area contributed by atoms with Crippen LogP contribution in [0.4, 0.5) is 0 Å². The van der Waals surface area contributed by atoms with E-state index in [9.17, 15) is 4.79 Å². The molecule has 0 saturated carbocycles. The van der Waals surface area contributed by atoms with Crippen LogP contribution in [-0.4, -0.2) is 44.5 Å². The topological polar surface area (TPSA) is 74.8 Å². The fourth-order valence-corrected chi connectivity index (χ4v) is 1.15. The molecule has 1 N–H and O–H groups in total. The lowest BCUT2D eigenvalue weighted by Crippen LogP contribution is -2.32. The van der Waals surface area contributed by atoms with E-state index in [2.05, 4.69) is 27.5 Å². The first-order valence-corrected chi connectivity index (χ1v) is 4.82. The Morgan fingerprint density at radius 3 is 2.79 bits per heavy atom. The zero-order valence-electron chi connectivity index (χ0n) is 8.53. The molecule has 0 bridgehead atoms. The predicted octanol–water partition coefficient (Wildman–Crippen LogP) is 0.462. The lowest BCUT2D eigenvalue weighted by Gasteiger charge is -2.18. The van der Waals surface area contributed by atoms with Crippen molar-refractivity contribution in [2.45, 2.75) is 26.7 Å². The lowest BCUT2D eigenvalue weighted by molar-refractivity contribution is 0.0750. The fraction of sp³-hybridized carbons (Fsp3) is 0.750. The first-order valence-electron chi connectivity index (χ1n) is 4.82. The molecule has 6 nitrogen and oxygen atoms in total. The smallest absolute Gasteiger partial charge is 0.295 e.